The molecule has 0 bridgehead atoms. The summed E-state index contributed by atoms with van der Waals surface area (Å²) in [4.78, 5) is 0. The fourth-order valence-electron chi connectivity index (χ4n) is 1.05. The van der Waals surface area contributed by atoms with Crippen molar-refractivity contribution in [1.82, 2.24) is 0 Å². The number of aliphatic hydroxyl groups is 2. The van der Waals surface area contributed by atoms with E-state index in [2.05, 4.69) is 0 Å². The summed E-state index contributed by atoms with van der Waals surface area (Å²) in [5, 5.41) is 27.9. The van der Waals surface area contributed by atoms with Crippen molar-refractivity contribution in [2.24, 2.45) is 0 Å². The van der Waals surface area contributed by atoms with Crippen LogP contribution in [0.25, 0.3) is 0 Å². The van der Waals surface area contributed by atoms with Crippen molar-refractivity contribution in [1.29, 1.82) is 0 Å². The van der Waals surface area contributed by atoms with E-state index >= 15 is 0 Å². The molecule has 0 heterocycles. The van der Waals surface area contributed by atoms with E-state index in [1.807, 2.05) is 0 Å². The van der Waals surface area contributed by atoms with Crippen molar-refractivity contribution < 1.29 is 19.7 Å². The zero-order valence-corrected chi connectivity index (χ0v) is 7.95. The third kappa shape index (κ3) is 2.35. The van der Waals surface area contributed by atoms with E-state index in [0.717, 1.165) is 18.2 Å². The van der Waals surface area contributed by atoms with Crippen molar-refractivity contribution in [2.45, 2.75) is 12.2 Å². The summed E-state index contributed by atoms with van der Waals surface area (Å²) in [6.45, 7) is 0. The number of aromatic hydroxyl groups is 1. The summed E-state index contributed by atoms with van der Waals surface area (Å²) >= 11 is 5.30. The molecule has 0 saturated carbocycles. The van der Waals surface area contributed by atoms with Gasteiger partial charge in [0.1, 0.15) is 17.7 Å². The van der Waals surface area contributed by atoms with Crippen molar-refractivity contribution in [2.75, 3.05) is 5.88 Å². The fraction of sp³-hybridized carbons (Fsp3) is 0.333. The summed E-state index contributed by atoms with van der Waals surface area (Å²) < 4.78 is 12.7. The molecule has 0 fully saturated rings. The maximum Gasteiger partial charge on any atom is 0.123 e. The number of halogens is 2. The van der Waals surface area contributed by atoms with Crippen molar-refractivity contribution in [3.05, 3.63) is 29.6 Å². The Hall–Kier alpha value is -0.840. The van der Waals surface area contributed by atoms with Crippen LogP contribution in [-0.4, -0.2) is 27.3 Å². The predicted molar refractivity (Wildman–Crippen MR) is 49.8 cm³/mol. The Balaban J connectivity index is 2.99. The zero-order chi connectivity index (χ0) is 10.7. The van der Waals surface area contributed by atoms with Gasteiger partial charge < -0.3 is 15.3 Å². The quantitative estimate of drug-likeness (QED) is 0.670. The molecule has 0 spiro atoms. The van der Waals surface area contributed by atoms with Crippen molar-refractivity contribution in [3.63, 3.8) is 0 Å². The molecule has 3 nitrogen and oxygen atoms in total. The van der Waals surface area contributed by atoms with Gasteiger partial charge in [0.05, 0.1) is 12.0 Å². The van der Waals surface area contributed by atoms with Gasteiger partial charge in [0.2, 0.25) is 0 Å². The van der Waals surface area contributed by atoms with Crippen LogP contribution in [0.2, 0.25) is 0 Å². The Morgan fingerprint density at radius 1 is 1.36 bits per heavy atom. The number of phenolic OH excluding ortho intramolecular Hbond substituents is 1. The second kappa shape index (κ2) is 4.59. The Morgan fingerprint density at radius 2 is 2.00 bits per heavy atom. The second-order valence-electron chi connectivity index (χ2n) is 2.87. The van der Waals surface area contributed by atoms with Crippen molar-refractivity contribution in [3.8, 4) is 5.75 Å². The van der Waals surface area contributed by atoms with E-state index in [1.54, 1.807) is 0 Å². The molecular formula is C9H10ClFO3. The SMILES string of the molecule is Oc1ccc(F)cc1C(O)C(O)CCl. The molecule has 78 valence electrons. The standard InChI is InChI=1S/C9H10ClFO3/c10-4-8(13)9(14)6-3-5(11)1-2-7(6)12/h1-3,8-9,12-14H,4H2. The molecule has 1 aromatic carbocycles. The normalized spacial score (nSPS) is 15.1. The first-order chi connectivity index (χ1) is 6.56. The summed E-state index contributed by atoms with van der Waals surface area (Å²) in [7, 11) is 0. The maximum atomic E-state index is 12.7. The van der Waals surface area contributed by atoms with Gasteiger partial charge in [-0.1, -0.05) is 0 Å². The molecule has 2 unspecified atom stereocenters. The lowest BCUT2D eigenvalue weighted by Crippen LogP contribution is -2.19. The van der Waals surface area contributed by atoms with Gasteiger partial charge in [0, 0.05) is 5.56 Å². The third-order valence-electron chi connectivity index (χ3n) is 1.83. The van der Waals surface area contributed by atoms with Gasteiger partial charge in [0.15, 0.2) is 0 Å². The Labute approximate surface area is 85.4 Å². The third-order valence-corrected chi connectivity index (χ3v) is 2.15. The predicted octanol–water partition coefficient (Wildman–Crippen LogP) is 1.16. The van der Waals surface area contributed by atoms with E-state index < -0.39 is 18.0 Å². The maximum absolute atomic E-state index is 12.7. The Bertz CT molecular complexity index is 319. The first-order valence-electron chi connectivity index (χ1n) is 3.96. The van der Waals surface area contributed by atoms with E-state index in [4.69, 9.17) is 11.6 Å². The minimum absolute atomic E-state index is 0.0712. The molecule has 2 atom stereocenters. The fourth-order valence-corrected chi connectivity index (χ4v) is 1.22. The van der Waals surface area contributed by atoms with Gasteiger partial charge in [-0.05, 0) is 18.2 Å². The number of aliphatic hydroxyl groups excluding tert-OH is 2. The topological polar surface area (TPSA) is 60.7 Å². The zero-order valence-electron chi connectivity index (χ0n) is 7.19. The van der Waals surface area contributed by atoms with Crippen LogP contribution in [0.5, 0.6) is 5.75 Å². The number of hydrogen-bond acceptors (Lipinski definition) is 3. The number of hydrogen-bond donors (Lipinski definition) is 3. The molecule has 0 aliphatic rings. The van der Waals surface area contributed by atoms with Gasteiger partial charge in [-0.25, -0.2) is 4.39 Å². The van der Waals surface area contributed by atoms with E-state index in [1.165, 1.54) is 0 Å². The van der Waals surface area contributed by atoms with E-state index in [-0.39, 0.29) is 17.2 Å². The van der Waals surface area contributed by atoms with Crippen LogP contribution < -0.4 is 0 Å². The minimum Gasteiger partial charge on any atom is -0.508 e. The van der Waals surface area contributed by atoms with Crippen LogP contribution in [0.4, 0.5) is 4.39 Å². The summed E-state index contributed by atoms with van der Waals surface area (Å²) in [5.74, 6) is -1.07. The molecular weight excluding hydrogens is 211 g/mol. The Morgan fingerprint density at radius 3 is 2.57 bits per heavy atom. The molecule has 0 radical (unpaired) electrons. The van der Waals surface area contributed by atoms with Crippen LogP contribution in [0, 0.1) is 5.82 Å². The molecule has 0 aliphatic heterocycles. The van der Waals surface area contributed by atoms with Crippen LogP contribution in [0.3, 0.4) is 0 Å². The first kappa shape index (κ1) is 11.2. The highest BCUT2D eigenvalue weighted by Gasteiger charge is 2.20. The average molecular weight is 221 g/mol. The van der Waals surface area contributed by atoms with E-state index in [9.17, 15) is 19.7 Å². The van der Waals surface area contributed by atoms with Crippen LogP contribution in [0.15, 0.2) is 18.2 Å². The van der Waals surface area contributed by atoms with Gasteiger partial charge in [-0.15, -0.1) is 11.6 Å². The number of benzene rings is 1. The van der Waals surface area contributed by atoms with Gasteiger partial charge in [-0.3, -0.25) is 0 Å². The molecule has 0 aliphatic carbocycles. The van der Waals surface area contributed by atoms with E-state index in [0.29, 0.717) is 0 Å². The number of phenols is 1. The van der Waals surface area contributed by atoms with Crippen LogP contribution >= 0.6 is 11.6 Å². The molecule has 1 rings (SSSR count). The molecule has 0 saturated heterocycles. The van der Waals surface area contributed by atoms with Crippen molar-refractivity contribution >= 4 is 11.6 Å². The lowest BCUT2D eigenvalue weighted by Gasteiger charge is -2.16. The second-order valence-corrected chi connectivity index (χ2v) is 3.18. The monoisotopic (exact) mass is 220 g/mol. The first-order valence-corrected chi connectivity index (χ1v) is 4.50. The Kier molecular flexibility index (Phi) is 3.69. The highest BCUT2D eigenvalue weighted by molar-refractivity contribution is 6.18. The minimum atomic E-state index is -1.39. The molecule has 3 N–H and O–H groups in total. The van der Waals surface area contributed by atoms with Crippen LogP contribution in [0.1, 0.15) is 11.7 Å². The van der Waals surface area contributed by atoms with Gasteiger partial charge >= 0.3 is 0 Å². The largest absolute Gasteiger partial charge is 0.508 e. The molecule has 5 heteroatoms. The molecule has 0 amide bonds. The lowest BCUT2D eigenvalue weighted by molar-refractivity contribution is 0.0310. The number of alkyl halides is 1. The average Bonchev–Trinajstić information content (AvgIpc) is 2.19. The number of rotatable bonds is 3. The highest BCUT2D eigenvalue weighted by Crippen LogP contribution is 2.27. The van der Waals surface area contributed by atoms with Gasteiger partial charge in [-0.2, -0.15) is 0 Å². The summed E-state index contributed by atoms with van der Waals surface area (Å²) in [6, 6.07) is 3.11. The molecule has 0 aromatic heterocycles. The van der Waals surface area contributed by atoms with Gasteiger partial charge in [0.25, 0.3) is 0 Å². The highest BCUT2D eigenvalue weighted by atomic mass is 35.5. The molecule has 1 aromatic rings. The van der Waals surface area contributed by atoms with Crippen LogP contribution in [-0.2, 0) is 0 Å². The summed E-state index contributed by atoms with van der Waals surface area (Å²) in [5.41, 5.74) is -0.0712. The lowest BCUT2D eigenvalue weighted by atomic mass is 10.0. The molecule has 14 heavy (non-hydrogen) atoms. The smallest absolute Gasteiger partial charge is 0.123 e. The summed E-state index contributed by atoms with van der Waals surface area (Å²) in [6.07, 6.45) is -2.62.